The van der Waals surface area contributed by atoms with Crippen LogP contribution in [0.3, 0.4) is 0 Å². The van der Waals surface area contributed by atoms with Crippen molar-refractivity contribution in [3.8, 4) is 0 Å². The molecule has 1 aromatic heterocycles. The highest BCUT2D eigenvalue weighted by Crippen LogP contribution is 2.25. The van der Waals surface area contributed by atoms with Crippen LogP contribution in [0.1, 0.15) is 0 Å². The second-order valence-corrected chi connectivity index (χ2v) is 6.47. The van der Waals surface area contributed by atoms with Crippen LogP contribution < -0.4 is 5.32 Å². The van der Waals surface area contributed by atoms with Crippen LogP contribution in [0.15, 0.2) is 36.7 Å². The first-order valence-electron chi connectivity index (χ1n) is 7.82. The molecule has 1 fully saturated rings. The summed E-state index contributed by atoms with van der Waals surface area (Å²) in [5.74, 6) is 0. The molecule has 2 aromatic rings. The molecule has 1 N–H and O–H groups in total. The maximum atomic E-state index is 12.3. The van der Waals surface area contributed by atoms with Crippen LogP contribution in [0.5, 0.6) is 0 Å². The molecule has 8 heteroatoms. The normalized spacial score (nSPS) is 15.5. The van der Waals surface area contributed by atoms with Gasteiger partial charge in [-0.3, -0.25) is 9.58 Å². The number of carbonyl (C=O) groups is 1. The van der Waals surface area contributed by atoms with Gasteiger partial charge < -0.3 is 10.2 Å². The molecule has 1 aliphatic rings. The number of urea groups is 1. The molecular formula is C16H19Cl2N5O. The van der Waals surface area contributed by atoms with Gasteiger partial charge in [-0.25, -0.2) is 4.79 Å². The lowest BCUT2D eigenvalue weighted by Crippen LogP contribution is -2.50. The molecule has 0 saturated carbocycles. The average molecular weight is 368 g/mol. The Morgan fingerprint density at radius 3 is 2.58 bits per heavy atom. The van der Waals surface area contributed by atoms with Crippen LogP contribution in [-0.2, 0) is 6.54 Å². The summed E-state index contributed by atoms with van der Waals surface area (Å²) in [7, 11) is 0. The summed E-state index contributed by atoms with van der Waals surface area (Å²) in [4.78, 5) is 16.5. The van der Waals surface area contributed by atoms with Crippen LogP contribution in [0, 0.1) is 0 Å². The third-order valence-electron chi connectivity index (χ3n) is 4.03. The number of halogens is 2. The Balaban J connectivity index is 1.45. The van der Waals surface area contributed by atoms with E-state index in [4.69, 9.17) is 23.2 Å². The first kappa shape index (κ1) is 17.1. The zero-order valence-corrected chi connectivity index (χ0v) is 14.7. The largest absolute Gasteiger partial charge is 0.322 e. The van der Waals surface area contributed by atoms with Gasteiger partial charge in [0.2, 0.25) is 0 Å². The van der Waals surface area contributed by atoms with Crippen molar-refractivity contribution >= 4 is 34.9 Å². The van der Waals surface area contributed by atoms with Crippen molar-refractivity contribution in [2.75, 3.05) is 38.0 Å². The van der Waals surface area contributed by atoms with Gasteiger partial charge in [0.15, 0.2) is 0 Å². The standard InChI is InChI=1S/C16H19Cl2N5O/c17-14-3-2-13(12-15(14)18)20-16(24)22-9-6-21(7-10-22)8-11-23-5-1-4-19-23/h1-5,12H,6-11H2,(H,20,24). The minimum atomic E-state index is -0.111. The molecule has 0 unspecified atom stereocenters. The SMILES string of the molecule is O=C(Nc1ccc(Cl)c(Cl)c1)N1CCN(CCn2cccn2)CC1. The molecule has 0 atom stereocenters. The topological polar surface area (TPSA) is 53.4 Å². The van der Waals surface area contributed by atoms with Crippen molar-refractivity contribution < 1.29 is 4.79 Å². The van der Waals surface area contributed by atoms with E-state index in [0.717, 1.165) is 26.2 Å². The van der Waals surface area contributed by atoms with E-state index in [-0.39, 0.29) is 6.03 Å². The third kappa shape index (κ3) is 4.41. The Kier molecular flexibility index (Phi) is 5.60. The molecule has 2 heterocycles. The Hall–Kier alpha value is -1.76. The minimum Gasteiger partial charge on any atom is -0.322 e. The van der Waals surface area contributed by atoms with Crippen LogP contribution in [-0.4, -0.2) is 58.3 Å². The molecule has 0 radical (unpaired) electrons. The second kappa shape index (κ2) is 7.88. The summed E-state index contributed by atoms with van der Waals surface area (Å²) in [5, 5.41) is 7.96. The van der Waals surface area contributed by atoms with Crippen LogP contribution in [0.2, 0.25) is 10.0 Å². The summed E-state index contributed by atoms with van der Waals surface area (Å²) in [5.41, 5.74) is 0.649. The highest BCUT2D eigenvalue weighted by atomic mass is 35.5. The number of piperazine rings is 1. The van der Waals surface area contributed by atoms with E-state index in [1.54, 1.807) is 24.4 Å². The van der Waals surface area contributed by atoms with E-state index in [1.165, 1.54) is 0 Å². The number of hydrogen-bond acceptors (Lipinski definition) is 3. The van der Waals surface area contributed by atoms with Crippen molar-refractivity contribution in [2.45, 2.75) is 6.54 Å². The van der Waals surface area contributed by atoms with E-state index >= 15 is 0 Å². The molecule has 1 saturated heterocycles. The van der Waals surface area contributed by atoms with Gasteiger partial charge in [0.1, 0.15) is 0 Å². The van der Waals surface area contributed by atoms with E-state index in [1.807, 2.05) is 21.8 Å². The number of aromatic nitrogens is 2. The Morgan fingerprint density at radius 1 is 1.12 bits per heavy atom. The molecule has 0 spiro atoms. The van der Waals surface area contributed by atoms with Crippen molar-refractivity contribution in [1.82, 2.24) is 19.6 Å². The molecule has 0 bridgehead atoms. The molecule has 0 aliphatic carbocycles. The first-order chi connectivity index (χ1) is 11.6. The van der Waals surface area contributed by atoms with Gasteiger partial charge in [-0.15, -0.1) is 0 Å². The third-order valence-corrected chi connectivity index (χ3v) is 4.77. The summed E-state index contributed by atoms with van der Waals surface area (Å²) < 4.78 is 1.92. The number of amides is 2. The van der Waals surface area contributed by atoms with Gasteiger partial charge in [0.05, 0.1) is 16.6 Å². The first-order valence-corrected chi connectivity index (χ1v) is 8.58. The summed E-state index contributed by atoms with van der Waals surface area (Å²) in [6.45, 7) is 4.91. The predicted molar refractivity (Wildman–Crippen MR) is 95.7 cm³/mol. The van der Waals surface area contributed by atoms with E-state index < -0.39 is 0 Å². The lowest BCUT2D eigenvalue weighted by molar-refractivity contribution is 0.143. The molecule has 2 amide bonds. The Morgan fingerprint density at radius 2 is 1.92 bits per heavy atom. The number of rotatable bonds is 4. The van der Waals surface area contributed by atoms with Crippen LogP contribution in [0.4, 0.5) is 10.5 Å². The summed E-state index contributed by atoms with van der Waals surface area (Å²) in [6, 6.07) is 6.88. The fourth-order valence-electron chi connectivity index (χ4n) is 2.63. The van der Waals surface area contributed by atoms with Gasteiger partial charge in [0.25, 0.3) is 0 Å². The molecule has 1 aromatic carbocycles. The summed E-state index contributed by atoms with van der Waals surface area (Å²) >= 11 is 11.9. The number of benzene rings is 1. The smallest absolute Gasteiger partial charge is 0.321 e. The van der Waals surface area contributed by atoms with E-state index in [0.29, 0.717) is 28.8 Å². The van der Waals surface area contributed by atoms with Gasteiger partial charge in [-0.1, -0.05) is 23.2 Å². The zero-order chi connectivity index (χ0) is 16.9. The van der Waals surface area contributed by atoms with Gasteiger partial charge in [-0.2, -0.15) is 5.10 Å². The maximum Gasteiger partial charge on any atom is 0.321 e. The average Bonchev–Trinajstić information content (AvgIpc) is 3.10. The van der Waals surface area contributed by atoms with Crippen molar-refractivity contribution in [3.63, 3.8) is 0 Å². The molecule has 6 nitrogen and oxygen atoms in total. The van der Waals surface area contributed by atoms with Crippen molar-refractivity contribution in [3.05, 3.63) is 46.7 Å². The molecule has 24 heavy (non-hydrogen) atoms. The van der Waals surface area contributed by atoms with Crippen molar-refractivity contribution in [2.24, 2.45) is 0 Å². The Labute approximate surface area is 150 Å². The van der Waals surface area contributed by atoms with E-state index in [9.17, 15) is 4.79 Å². The second-order valence-electron chi connectivity index (χ2n) is 5.66. The maximum absolute atomic E-state index is 12.3. The predicted octanol–water partition coefficient (Wildman–Crippen LogP) is 3.04. The van der Waals surface area contributed by atoms with Gasteiger partial charge in [-0.05, 0) is 24.3 Å². The number of carbonyl (C=O) groups excluding carboxylic acids is 1. The molecule has 1 aliphatic heterocycles. The van der Waals surface area contributed by atoms with Crippen LogP contribution in [0.25, 0.3) is 0 Å². The highest BCUT2D eigenvalue weighted by Gasteiger charge is 2.21. The Bertz CT molecular complexity index is 684. The summed E-state index contributed by atoms with van der Waals surface area (Å²) in [6.07, 6.45) is 3.74. The number of nitrogens with one attached hydrogen (secondary N) is 1. The lowest BCUT2D eigenvalue weighted by atomic mass is 10.3. The van der Waals surface area contributed by atoms with Gasteiger partial charge >= 0.3 is 6.03 Å². The van der Waals surface area contributed by atoms with E-state index in [2.05, 4.69) is 15.3 Å². The number of hydrogen-bond donors (Lipinski definition) is 1. The monoisotopic (exact) mass is 367 g/mol. The number of nitrogens with zero attached hydrogens (tertiary/aromatic N) is 4. The molecular weight excluding hydrogens is 349 g/mol. The minimum absolute atomic E-state index is 0.111. The zero-order valence-electron chi connectivity index (χ0n) is 13.2. The fraction of sp³-hybridized carbons (Fsp3) is 0.375. The molecule has 128 valence electrons. The van der Waals surface area contributed by atoms with Crippen LogP contribution >= 0.6 is 23.2 Å². The lowest BCUT2D eigenvalue weighted by Gasteiger charge is -2.34. The quantitative estimate of drug-likeness (QED) is 0.903. The molecule has 3 rings (SSSR count). The fourth-order valence-corrected chi connectivity index (χ4v) is 2.93. The number of anilines is 1. The van der Waals surface area contributed by atoms with Gasteiger partial charge in [0, 0.05) is 50.8 Å². The van der Waals surface area contributed by atoms with Crippen molar-refractivity contribution in [1.29, 1.82) is 0 Å². The highest BCUT2D eigenvalue weighted by molar-refractivity contribution is 6.42.